The summed E-state index contributed by atoms with van der Waals surface area (Å²) in [5.74, 6) is 0.735. The van der Waals surface area contributed by atoms with Crippen LogP contribution in [0, 0.1) is 0 Å². The molecule has 0 radical (unpaired) electrons. The second-order valence-corrected chi connectivity index (χ2v) is 6.05. The first-order chi connectivity index (χ1) is 9.72. The van der Waals surface area contributed by atoms with Gasteiger partial charge in [-0.15, -0.1) is 0 Å². The fourth-order valence-electron chi connectivity index (χ4n) is 2.57. The van der Waals surface area contributed by atoms with E-state index in [9.17, 15) is 4.79 Å². The number of methoxy groups -OCH3 is 1. The van der Waals surface area contributed by atoms with Crippen LogP contribution in [0.15, 0.2) is 24.3 Å². The summed E-state index contributed by atoms with van der Waals surface area (Å²) in [5.41, 5.74) is 0.768. The molecule has 2 unspecified atom stereocenters. The fraction of sp³-hybridized carbons (Fsp3) is 0.533. The van der Waals surface area contributed by atoms with Crippen molar-refractivity contribution < 1.29 is 9.53 Å². The van der Waals surface area contributed by atoms with E-state index in [0.29, 0.717) is 17.8 Å². The normalized spacial score (nSPS) is 21.7. The molecule has 5 heteroatoms. The van der Waals surface area contributed by atoms with E-state index in [4.69, 9.17) is 4.74 Å². The van der Waals surface area contributed by atoms with Crippen LogP contribution in [-0.2, 0) is 4.79 Å². The Bertz CT molecular complexity index is 453. The molecular weight excluding hydrogens is 272 g/mol. The molecule has 0 aromatic heterocycles. The number of hydrogen-bond acceptors (Lipinski definition) is 4. The lowest BCUT2D eigenvalue weighted by Crippen LogP contribution is -2.39. The first-order valence-electron chi connectivity index (χ1n) is 6.93. The van der Waals surface area contributed by atoms with Crippen molar-refractivity contribution in [2.24, 2.45) is 0 Å². The summed E-state index contributed by atoms with van der Waals surface area (Å²) in [6, 6.07) is 7.86. The molecule has 20 heavy (non-hydrogen) atoms. The van der Waals surface area contributed by atoms with Crippen LogP contribution < -0.4 is 15.4 Å². The zero-order valence-electron chi connectivity index (χ0n) is 12.0. The maximum Gasteiger partial charge on any atom is 0.238 e. The van der Waals surface area contributed by atoms with Gasteiger partial charge in [0.05, 0.1) is 13.7 Å². The summed E-state index contributed by atoms with van der Waals surface area (Å²) in [6.45, 7) is 0.360. The molecule has 1 aliphatic rings. The summed E-state index contributed by atoms with van der Waals surface area (Å²) < 4.78 is 5.14. The zero-order valence-corrected chi connectivity index (χ0v) is 12.8. The van der Waals surface area contributed by atoms with Crippen molar-refractivity contribution in [1.82, 2.24) is 5.32 Å². The van der Waals surface area contributed by atoms with Gasteiger partial charge in [-0.2, -0.15) is 11.8 Å². The van der Waals surface area contributed by atoms with Crippen LogP contribution in [0.4, 0.5) is 5.69 Å². The number of ether oxygens (including phenoxy) is 1. The van der Waals surface area contributed by atoms with Crippen LogP contribution in [0.25, 0.3) is 0 Å². The molecule has 1 fully saturated rings. The lowest BCUT2D eigenvalue weighted by Gasteiger charge is -2.18. The molecule has 110 valence electrons. The van der Waals surface area contributed by atoms with Gasteiger partial charge in [0.2, 0.25) is 5.91 Å². The van der Waals surface area contributed by atoms with Crippen molar-refractivity contribution in [3.05, 3.63) is 24.3 Å². The molecule has 1 amide bonds. The Labute approximate surface area is 124 Å². The molecule has 1 aromatic carbocycles. The van der Waals surface area contributed by atoms with Gasteiger partial charge in [0.1, 0.15) is 5.75 Å². The highest BCUT2D eigenvalue weighted by molar-refractivity contribution is 7.99. The minimum Gasteiger partial charge on any atom is -0.497 e. The molecule has 1 saturated carbocycles. The van der Waals surface area contributed by atoms with Crippen molar-refractivity contribution in [2.45, 2.75) is 30.6 Å². The van der Waals surface area contributed by atoms with E-state index in [1.54, 1.807) is 7.11 Å². The molecule has 4 nitrogen and oxygen atoms in total. The Morgan fingerprint density at radius 3 is 3.05 bits per heavy atom. The van der Waals surface area contributed by atoms with E-state index in [2.05, 4.69) is 16.9 Å². The number of amides is 1. The molecule has 1 aromatic rings. The maximum atomic E-state index is 11.9. The van der Waals surface area contributed by atoms with Gasteiger partial charge in [-0.25, -0.2) is 0 Å². The van der Waals surface area contributed by atoms with Crippen LogP contribution in [0.3, 0.4) is 0 Å². The van der Waals surface area contributed by atoms with Gasteiger partial charge in [-0.3, -0.25) is 4.79 Å². The first-order valence-corrected chi connectivity index (χ1v) is 8.22. The van der Waals surface area contributed by atoms with Gasteiger partial charge in [0, 0.05) is 23.0 Å². The number of carbonyl (C=O) groups is 1. The molecule has 0 spiro atoms. The average molecular weight is 294 g/mol. The summed E-state index contributed by atoms with van der Waals surface area (Å²) in [4.78, 5) is 11.9. The van der Waals surface area contributed by atoms with Crippen LogP contribution >= 0.6 is 11.8 Å². The number of hydrogen-bond donors (Lipinski definition) is 2. The third-order valence-corrected chi connectivity index (χ3v) is 4.80. The van der Waals surface area contributed by atoms with Crippen molar-refractivity contribution in [2.75, 3.05) is 25.2 Å². The quantitative estimate of drug-likeness (QED) is 0.846. The minimum absolute atomic E-state index is 0.00925. The van der Waals surface area contributed by atoms with E-state index in [1.807, 2.05) is 36.0 Å². The topological polar surface area (TPSA) is 50.4 Å². The third-order valence-electron chi connectivity index (χ3n) is 3.63. The smallest absolute Gasteiger partial charge is 0.238 e. The highest BCUT2D eigenvalue weighted by Gasteiger charge is 2.26. The van der Waals surface area contributed by atoms with E-state index in [0.717, 1.165) is 17.9 Å². The van der Waals surface area contributed by atoms with Gasteiger partial charge >= 0.3 is 0 Å². The maximum absolute atomic E-state index is 11.9. The Morgan fingerprint density at radius 1 is 1.45 bits per heavy atom. The molecule has 0 saturated heterocycles. The van der Waals surface area contributed by atoms with Crippen molar-refractivity contribution in [3.8, 4) is 5.75 Å². The lowest BCUT2D eigenvalue weighted by atomic mass is 10.2. The summed E-state index contributed by atoms with van der Waals surface area (Å²) in [5, 5.41) is 6.89. The number of anilines is 1. The molecule has 1 aliphatic carbocycles. The molecule has 2 rings (SSSR count). The SMILES string of the molecule is COc1cccc(NC(=O)CNC2CCCC2SC)c1. The van der Waals surface area contributed by atoms with Crippen molar-refractivity contribution in [3.63, 3.8) is 0 Å². The Morgan fingerprint density at radius 2 is 2.30 bits per heavy atom. The number of carbonyl (C=O) groups excluding carboxylic acids is 1. The Hall–Kier alpha value is -1.20. The van der Waals surface area contributed by atoms with Gasteiger partial charge in [0.15, 0.2) is 0 Å². The highest BCUT2D eigenvalue weighted by Crippen LogP contribution is 2.28. The number of benzene rings is 1. The summed E-state index contributed by atoms with van der Waals surface area (Å²) in [6.07, 6.45) is 5.80. The van der Waals surface area contributed by atoms with Crippen LogP contribution in [0.1, 0.15) is 19.3 Å². The van der Waals surface area contributed by atoms with E-state index < -0.39 is 0 Å². The zero-order chi connectivity index (χ0) is 14.4. The minimum atomic E-state index is -0.00925. The molecule has 2 N–H and O–H groups in total. The van der Waals surface area contributed by atoms with Gasteiger partial charge in [-0.1, -0.05) is 12.5 Å². The molecule has 0 aliphatic heterocycles. The molecular formula is C15H22N2O2S. The Balaban J connectivity index is 1.80. The number of rotatable bonds is 6. The molecule has 2 atom stereocenters. The number of nitrogens with one attached hydrogen (secondary N) is 2. The summed E-state index contributed by atoms with van der Waals surface area (Å²) in [7, 11) is 1.62. The highest BCUT2D eigenvalue weighted by atomic mass is 32.2. The van der Waals surface area contributed by atoms with Gasteiger partial charge < -0.3 is 15.4 Å². The van der Waals surface area contributed by atoms with Crippen LogP contribution in [0.5, 0.6) is 5.75 Å². The average Bonchev–Trinajstić information content (AvgIpc) is 2.93. The number of thioether (sulfide) groups is 1. The summed E-state index contributed by atoms with van der Waals surface area (Å²) >= 11 is 1.89. The van der Waals surface area contributed by atoms with E-state index in [1.165, 1.54) is 12.8 Å². The largest absolute Gasteiger partial charge is 0.497 e. The fourth-order valence-corrected chi connectivity index (χ4v) is 3.53. The second-order valence-electron chi connectivity index (χ2n) is 4.97. The van der Waals surface area contributed by atoms with E-state index >= 15 is 0 Å². The predicted molar refractivity (Wildman–Crippen MR) is 84.6 cm³/mol. The van der Waals surface area contributed by atoms with Gasteiger partial charge in [0.25, 0.3) is 0 Å². The van der Waals surface area contributed by atoms with E-state index in [-0.39, 0.29) is 5.91 Å². The predicted octanol–water partition coefficient (Wildman–Crippen LogP) is 2.51. The standard InChI is InChI=1S/C15H22N2O2S/c1-19-12-6-3-5-11(9-12)17-15(18)10-16-13-7-4-8-14(13)20-2/h3,5-6,9,13-14,16H,4,7-8,10H2,1-2H3,(H,17,18). The van der Waals surface area contributed by atoms with Crippen LogP contribution in [0.2, 0.25) is 0 Å². The molecule has 0 bridgehead atoms. The molecule has 0 heterocycles. The third kappa shape index (κ3) is 4.15. The van der Waals surface area contributed by atoms with Crippen LogP contribution in [-0.4, -0.2) is 37.1 Å². The second kappa shape index (κ2) is 7.55. The first kappa shape index (κ1) is 15.2. The van der Waals surface area contributed by atoms with Gasteiger partial charge in [-0.05, 0) is 31.2 Å². The lowest BCUT2D eigenvalue weighted by molar-refractivity contribution is -0.115. The Kier molecular flexibility index (Phi) is 5.73. The van der Waals surface area contributed by atoms with Crippen molar-refractivity contribution in [1.29, 1.82) is 0 Å². The van der Waals surface area contributed by atoms with Crippen molar-refractivity contribution >= 4 is 23.4 Å². The monoisotopic (exact) mass is 294 g/mol.